The Labute approximate surface area is 100 Å². The van der Waals surface area contributed by atoms with Crippen LogP contribution in [-0.2, 0) is 11.3 Å². The Morgan fingerprint density at radius 1 is 1.29 bits per heavy atom. The number of aromatic amines is 1. The van der Waals surface area contributed by atoms with Gasteiger partial charge in [0, 0.05) is 19.3 Å². The van der Waals surface area contributed by atoms with Crippen molar-refractivity contribution in [2.75, 3.05) is 13.2 Å². The van der Waals surface area contributed by atoms with Crippen molar-refractivity contribution in [2.24, 2.45) is 0 Å². The van der Waals surface area contributed by atoms with E-state index in [-0.39, 0.29) is 0 Å². The second-order valence-corrected chi connectivity index (χ2v) is 4.47. The molecule has 17 heavy (non-hydrogen) atoms. The smallest absolute Gasteiger partial charge is 0.121 e. The van der Waals surface area contributed by atoms with Crippen LogP contribution < -0.4 is 5.32 Å². The summed E-state index contributed by atoms with van der Waals surface area (Å²) < 4.78 is 5.34. The molecule has 0 atom stereocenters. The minimum Gasteiger partial charge on any atom is -0.381 e. The maximum absolute atomic E-state index is 5.34. The van der Waals surface area contributed by atoms with Gasteiger partial charge in [-0.1, -0.05) is 12.1 Å². The summed E-state index contributed by atoms with van der Waals surface area (Å²) in [5.74, 6) is 1.01. The molecule has 4 nitrogen and oxygen atoms in total. The first kappa shape index (κ1) is 10.7. The molecule has 0 amide bonds. The molecule has 0 unspecified atom stereocenters. The SMILES string of the molecule is c1ccc2[nH]c(CNC3CCOCC3)nc2c1. The van der Waals surface area contributed by atoms with Gasteiger partial charge < -0.3 is 15.0 Å². The molecule has 90 valence electrons. The van der Waals surface area contributed by atoms with E-state index in [1.165, 1.54) is 0 Å². The van der Waals surface area contributed by atoms with Crippen LogP contribution in [0.25, 0.3) is 11.0 Å². The zero-order valence-corrected chi connectivity index (χ0v) is 9.78. The molecule has 1 fully saturated rings. The summed E-state index contributed by atoms with van der Waals surface area (Å²) >= 11 is 0. The number of aromatic nitrogens is 2. The van der Waals surface area contributed by atoms with Crippen molar-refractivity contribution >= 4 is 11.0 Å². The van der Waals surface area contributed by atoms with E-state index in [1.54, 1.807) is 0 Å². The third-order valence-corrected chi connectivity index (χ3v) is 3.22. The lowest BCUT2D eigenvalue weighted by Crippen LogP contribution is -2.34. The van der Waals surface area contributed by atoms with Crippen molar-refractivity contribution in [1.29, 1.82) is 0 Å². The Morgan fingerprint density at radius 3 is 2.94 bits per heavy atom. The zero-order chi connectivity index (χ0) is 11.5. The van der Waals surface area contributed by atoms with Crippen molar-refractivity contribution in [3.63, 3.8) is 0 Å². The number of hydrogen-bond acceptors (Lipinski definition) is 3. The summed E-state index contributed by atoms with van der Waals surface area (Å²) in [5, 5.41) is 3.53. The molecule has 1 aromatic carbocycles. The fourth-order valence-electron chi connectivity index (χ4n) is 2.23. The maximum Gasteiger partial charge on any atom is 0.121 e. The average Bonchev–Trinajstić information content (AvgIpc) is 2.80. The Morgan fingerprint density at radius 2 is 2.12 bits per heavy atom. The molecule has 0 spiro atoms. The molecule has 3 rings (SSSR count). The van der Waals surface area contributed by atoms with Crippen LogP contribution in [0.3, 0.4) is 0 Å². The number of ether oxygens (including phenoxy) is 1. The van der Waals surface area contributed by atoms with Crippen LogP contribution in [0, 0.1) is 0 Å². The summed E-state index contributed by atoms with van der Waals surface area (Å²) in [7, 11) is 0. The van der Waals surface area contributed by atoms with Crippen LogP contribution in [0.1, 0.15) is 18.7 Å². The number of benzene rings is 1. The van der Waals surface area contributed by atoms with Gasteiger partial charge in [-0.05, 0) is 25.0 Å². The van der Waals surface area contributed by atoms with E-state index in [4.69, 9.17) is 4.74 Å². The summed E-state index contributed by atoms with van der Waals surface area (Å²) in [6.07, 6.45) is 2.19. The van der Waals surface area contributed by atoms with Crippen molar-refractivity contribution in [3.8, 4) is 0 Å². The molecule has 1 aliphatic heterocycles. The van der Waals surface area contributed by atoms with Crippen LogP contribution >= 0.6 is 0 Å². The molecule has 1 saturated heterocycles. The van der Waals surface area contributed by atoms with E-state index < -0.39 is 0 Å². The molecular weight excluding hydrogens is 214 g/mol. The Bertz CT molecular complexity index is 455. The Balaban J connectivity index is 1.64. The summed E-state index contributed by atoms with van der Waals surface area (Å²) in [5.41, 5.74) is 2.15. The van der Waals surface area contributed by atoms with Gasteiger partial charge in [0.15, 0.2) is 0 Å². The topological polar surface area (TPSA) is 49.9 Å². The maximum atomic E-state index is 5.34. The van der Waals surface area contributed by atoms with Crippen LogP contribution in [0.5, 0.6) is 0 Å². The van der Waals surface area contributed by atoms with Gasteiger partial charge in [-0.25, -0.2) is 4.98 Å². The molecule has 2 aromatic rings. The number of para-hydroxylation sites is 2. The van der Waals surface area contributed by atoms with Gasteiger partial charge in [0.1, 0.15) is 5.82 Å². The zero-order valence-electron chi connectivity index (χ0n) is 9.78. The van der Waals surface area contributed by atoms with Crippen LogP contribution in [0.4, 0.5) is 0 Å². The minimum absolute atomic E-state index is 0.567. The molecule has 0 bridgehead atoms. The second kappa shape index (κ2) is 4.85. The van der Waals surface area contributed by atoms with Gasteiger partial charge in [-0.3, -0.25) is 0 Å². The van der Waals surface area contributed by atoms with Gasteiger partial charge in [-0.2, -0.15) is 0 Å². The average molecular weight is 231 g/mol. The highest BCUT2D eigenvalue weighted by atomic mass is 16.5. The third kappa shape index (κ3) is 2.48. The molecule has 1 aromatic heterocycles. The molecule has 2 heterocycles. The molecule has 4 heteroatoms. The van der Waals surface area contributed by atoms with E-state index in [9.17, 15) is 0 Å². The van der Waals surface area contributed by atoms with Crippen molar-refractivity contribution < 1.29 is 4.74 Å². The molecule has 0 aliphatic carbocycles. The monoisotopic (exact) mass is 231 g/mol. The minimum atomic E-state index is 0.567. The largest absolute Gasteiger partial charge is 0.381 e. The first-order chi connectivity index (χ1) is 8.42. The molecule has 2 N–H and O–H groups in total. The highest BCUT2D eigenvalue weighted by molar-refractivity contribution is 5.74. The van der Waals surface area contributed by atoms with E-state index in [0.29, 0.717) is 6.04 Å². The highest BCUT2D eigenvalue weighted by Gasteiger charge is 2.13. The highest BCUT2D eigenvalue weighted by Crippen LogP contribution is 2.11. The lowest BCUT2D eigenvalue weighted by atomic mass is 10.1. The van der Waals surface area contributed by atoms with Crippen molar-refractivity contribution in [3.05, 3.63) is 30.1 Å². The summed E-state index contributed by atoms with van der Waals surface area (Å²) in [4.78, 5) is 7.88. The summed E-state index contributed by atoms with van der Waals surface area (Å²) in [6.45, 7) is 2.55. The number of imidazole rings is 1. The fraction of sp³-hybridized carbons (Fsp3) is 0.462. The Kier molecular flexibility index (Phi) is 3.07. The quantitative estimate of drug-likeness (QED) is 0.847. The van der Waals surface area contributed by atoms with Crippen LogP contribution in [-0.4, -0.2) is 29.2 Å². The van der Waals surface area contributed by atoms with E-state index >= 15 is 0 Å². The van der Waals surface area contributed by atoms with Gasteiger partial charge >= 0.3 is 0 Å². The number of nitrogens with zero attached hydrogens (tertiary/aromatic N) is 1. The Hall–Kier alpha value is -1.39. The standard InChI is InChI=1S/C13H17N3O/c1-2-4-12-11(3-1)15-13(16-12)9-14-10-5-7-17-8-6-10/h1-4,10,14H,5-9H2,(H,15,16). The lowest BCUT2D eigenvalue weighted by Gasteiger charge is -2.22. The number of H-pyrrole nitrogens is 1. The normalized spacial score (nSPS) is 17.6. The number of rotatable bonds is 3. The summed E-state index contributed by atoms with van der Waals surface area (Å²) in [6, 6.07) is 8.69. The third-order valence-electron chi connectivity index (χ3n) is 3.22. The number of nitrogens with one attached hydrogen (secondary N) is 2. The van der Waals surface area contributed by atoms with Crippen molar-refractivity contribution in [2.45, 2.75) is 25.4 Å². The van der Waals surface area contributed by atoms with Crippen LogP contribution in [0.2, 0.25) is 0 Å². The predicted molar refractivity (Wildman–Crippen MR) is 66.8 cm³/mol. The number of fused-ring (bicyclic) bond motifs is 1. The van der Waals surface area contributed by atoms with E-state index in [1.807, 2.05) is 18.2 Å². The molecule has 1 aliphatic rings. The first-order valence-electron chi connectivity index (χ1n) is 6.16. The predicted octanol–water partition coefficient (Wildman–Crippen LogP) is 1.83. The molecule has 0 radical (unpaired) electrons. The fourth-order valence-corrected chi connectivity index (χ4v) is 2.23. The van der Waals surface area contributed by atoms with Gasteiger partial charge in [0.05, 0.1) is 17.6 Å². The van der Waals surface area contributed by atoms with Gasteiger partial charge in [0.25, 0.3) is 0 Å². The van der Waals surface area contributed by atoms with Gasteiger partial charge in [0.2, 0.25) is 0 Å². The lowest BCUT2D eigenvalue weighted by molar-refractivity contribution is 0.0774. The van der Waals surface area contributed by atoms with E-state index in [2.05, 4.69) is 21.4 Å². The van der Waals surface area contributed by atoms with Crippen LogP contribution in [0.15, 0.2) is 24.3 Å². The second-order valence-electron chi connectivity index (χ2n) is 4.47. The number of hydrogen-bond donors (Lipinski definition) is 2. The molecular formula is C13H17N3O. The van der Waals surface area contributed by atoms with Gasteiger partial charge in [-0.15, -0.1) is 0 Å². The van der Waals surface area contributed by atoms with E-state index in [0.717, 1.165) is 49.5 Å². The molecule has 0 saturated carbocycles. The van der Waals surface area contributed by atoms with Crippen molar-refractivity contribution in [1.82, 2.24) is 15.3 Å². The first-order valence-corrected chi connectivity index (χ1v) is 6.16.